The molecule has 0 radical (unpaired) electrons. The fourth-order valence-electron chi connectivity index (χ4n) is 4.74. The summed E-state index contributed by atoms with van der Waals surface area (Å²) in [5, 5.41) is 33.9. The Kier molecular flexibility index (Phi) is 8.51. The van der Waals surface area contributed by atoms with Crippen LogP contribution in [0.3, 0.4) is 0 Å². The predicted molar refractivity (Wildman–Crippen MR) is 156 cm³/mol. The smallest absolute Gasteiger partial charge is 0.251 e. The van der Waals surface area contributed by atoms with Crippen molar-refractivity contribution >= 4 is 29.1 Å². The molecular formula is C30H29ClN6O5. The number of nitrogens with one attached hydrogen (secondary N) is 2. The quantitative estimate of drug-likeness (QED) is 0.219. The van der Waals surface area contributed by atoms with E-state index < -0.39 is 11.9 Å². The number of aliphatic hydroxyl groups excluding tert-OH is 1. The van der Waals surface area contributed by atoms with E-state index in [1.165, 1.54) is 18.2 Å². The first-order valence-corrected chi connectivity index (χ1v) is 13.6. The van der Waals surface area contributed by atoms with Crippen LogP contribution in [0.25, 0.3) is 5.69 Å². The molecular weight excluding hydrogens is 560 g/mol. The number of carbonyl (C=O) groups is 2. The lowest BCUT2D eigenvalue weighted by Gasteiger charge is -2.14. The van der Waals surface area contributed by atoms with Gasteiger partial charge in [0.15, 0.2) is 5.82 Å². The summed E-state index contributed by atoms with van der Waals surface area (Å²) in [7, 11) is 1.60. The molecule has 1 aliphatic heterocycles. The molecule has 3 aromatic carbocycles. The SMILES string of the molecule is COc1ccc2c(c1)C(c1ccc(Cl)cc1)=N[C@@H](CC(=O)NCCNC(=O)c1ccc(CO)c(O)c1)c1nnc(C)n1-2. The Balaban J connectivity index is 1.34. The molecule has 2 amide bonds. The van der Waals surface area contributed by atoms with E-state index in [1.807, 2.05) is 41.8 Å². The van der Waals surface area contributed by atoms with Gasteiger partial charge in [0.25, 0.3) is 5.91 Å². The first-order chi connectivity index (χ1) is 20.3. The van der Waals surface area contributed by atoms with Crippen LogP contribution >= 0.6 is 11.6 Å². The number of ether oxygens (including phenoxy) is 1. The maximum absolute atomic E-state index is 13.1. The molecule has 0 unspecified atom stereocenters. The minimum absolute atomic E-state index is 0.00914. The highest BCUT2D eigenvalue weighted by molar-refractivity contribution is 6.30. The van der Waals surface area contributed by atoms with Crippen LogP contribution in [0.2, 0.25) is 5.02 Å². The Morgan fingerprint density at radius 3 is 2.50 bits per heavy atom. The van der Waals surface area contributed by atoms with Crippen LogP contribution in [0.4, 0.5) is 0 Å². The van der Waals surface area contributed by atoms with Crippen molar-refractivity contribution in [2.24, 2.45) is 4.99 Å². The van der Waals surface area contributed by atoms with Crippen LogP contribution in [0, 0.1) is 6.92 Å². The summed E-state index contributed by atoms with van der Waals surface area (Å²) in [4.78, 5) is 30.5. The number of halogens is 1. The average Bonchev–Trinajstić information content (AvgIpc) is 3.32. The first-order valence-electron chi connectivity index (χ1n) is 13.2. The molecule has 0 saturated heterocycles. The zero-order valence-electron chi connectivity index (χ0n) is 23.0. The van der Waals surface area contributed by atoms with Gasteiger partial charge in [-0.3, -0.25) is 19.1 Å². The highest BCUT2D eigenvalue weighted by Crippen LogP contribution is 2.34. The number of aromatic hydroxyl groups is 1. The Hall–Kier alpha value is -4.74. The van der Waals surface area contributed by atoms with Crippen molar-refractivity contribution in [3.63, 3.8) is 0 Å². The molecule has 0 spiro atoms. The predicted octanol–water partition coefficient (Wildman–Crippen LogP) is 3.26. The van der Waals surface area contributed by atoms with Crippen molar-refractivity contribution in [2.45, 2.75) is 26.0 Å². The number of nitrogens with zero attached hydrogens (tertiary/aromatic N) is 4. The third-order valence-electron chi connectivity index (χ3n) is 6.88. The van der Waals surface area contributed by atoms with Crippen LogP contribution in [0.5, 0.6) is 11.5 Å². The second-order valence-corrected chi connectivity index (χ2v) is 10.1. The number of benzene rings is 3. The summed E-state index contributed by atoms with van der Waals surface area (Å²) < 4.78 is 7.40. The Labute approximate surface area is 246 Å². The maximum atomic E-state index is 13.1. The topological polar surface area (TPSA) is 151 Å². The van der Waals surface area contributed by atoms with E-state index in [4.69, 9.17) is 21.3 Å². The van der Waals surface area contributed by atoms with Crippen LogP contribution < -0.4 is 15.4 Å². The molecule has 0 saturated carbocycles. The molecule has 11 nitrogen and oxygen atoms in total. The number of phenols is 1. The molecule has 1 aliphatic rings. The molecule has 0 bridgehead atoms. The fraction of sp³-hybridized carbons (Fsp3) is 0.233. The van der Waals surface area contributed by atoms with Gasteiger partial charge in [-0.1, -0.05) is 29.8 Å². The van der Waals surface area contributed by atoms with Gasteiger partial charge in [-0.25, -0.2) is 0 Å². The number of aliphatic imine (C=N–C) groups is 1. The van der Waals surface area contributed by atoms with E-state index in [0.29, 0.717) is 33.7 Å². The van der Waals surface area contributed by atoms with Crippen molar-refractivity contribution in [3.05, 3.63) is 99.6 Å². The lowest BCUT2D eigenvalue weighted by molar-refractivity contribution is -0.121. The summed E-state index contributed by atoms with van der Waals surface area (Å²) in [5.41, 5.74) is 3.65. The lowest BCUT2D eigenvalue weighted by Crippen LogP contribution is -2.35. The molecule has 4 N–H and O–H groups in total. The number of carbonyl (C=O) groups excluding carboxylic acids is 2. The zero-order valence-corrected chi connectivity index (χ0v) is 23.7. The molecule has 1 aromatic heterocycles. The van der Waals surface area contributed by atoms with E-state index in [2.05, 4.69) is 20.8 Å². The van der Waals surface area contributed by atoms with Crippen molar-refractivity contribution in [3.8, 4) is 17.2 Å². The number of hydrogen-bond acceptors (Lipinski definition) is 8. The third kappa shape index (κ3) is 5.97. The summed E-state index contributed by atoms with van der Waals surface area (Å²) >= 11 is 6.16. The monoisotopic (exact) mass is 588 g/mol. The van der Waals surface area contributed by atoms with Crippen molar-refractivity contribution < 1.29 is 24.5 Å². The van der Waals surface area contributed by atoms with Crippen molar-refractivity contribution in [2.75, 3.05) is 20.2 Å². The molecule has 2 heterocycles. The Morgan fingerprint density at radius 2 is 1.79 bits per heavy atom. The Bertz CT molecular complexity index is 1670. The van der Waals surface area contributed by atoms with Crippen LogP contribution in [0.15, 0.2) is 65.7 Å². The standard InChI is InChI=1S/C30H29ClN6O5/c1-17-35-36-29-24(15-27(40)32-11-12-33-30(41)19-3-4-20(16-38)26(39)13-19)34-28(18-5-7-21(31)8-6-18)23-14-22(42-2)9-10-25(23)37(17)29/h3-10,13-14,24,38-39H,11-12,15-16H2,1-2H3,(H,32,40)(H,33,41)/t24-/m0/s1. The summed E-state index contributed by atoms with van der Waals surface area (Å²) in [6.45, 7) is 1.85. The van der Waals surface area contributed by atoms with Crippen molar-refractivity contribution in [1.29, 1.82) is 0 Å². The molecule has 5 rings (SSSR count). The van der Waals surface area contributed by atoms with Gasteiger partial charge in [0.05, 0.1) is 31.5 Å². The molecule has 42 heavy (non-hydrogen) atoms. The van der Waals surface area contributed by atoms with Gasteiger partial charge >= 0.3 is 0 Å². The fourth-order valence-corrected chi connectivity index (χ4v) is 4.87. The van der Waals surface area contributed by atoms with Gasteiger partial charge in [-0.15, -0.1) is 10.2 Å². The van der Waals surface area contributed by atoms with Gasteiger partial charge in [-0.2, -0.15) is 0 Å². The summed E-state index contributed by atoms with van der Waals surface area (Å²) in [6, 6.07) is 16.6. The molecule has 0 aliphatic carbocycles. The van der Waals surface area contributed by atoms with Gasteiger partial charge in [0.1, 0.15) is 23.4 Å². The largest absolute Gasteiger partial charge is 0.508 e. The molecule has 216 valence electrons. The highest BCUT2D eigenvalue weighted by Gasteiger charge is 2.30. The highest BCUT2D eigenvalue weighted by atomic mass is 35.5. The maximum Gasteiger partial charge on any atom is 0.251 e. The summed E-state index contributed by atoms with van der Waals surface area (Å²) in [6.07, 6.45) is -0.00914. The number of rotatable bonds is 9. The number of hydrogen-bond donors (Lipinski definition) is 4. The minimum atomic E-state index is -0.655. The third-order valence-corrected chi connectivity index (χ3v) is 7.13. The van der Waals surface area contributed by atoms with E-state index in [1.54, 1.807) is 19.2 Å². The van der Waals surface area contributed by atoms with Gasteiger partial charge < -0.3 is 25.6 Å². The number of methoxy groups -OCH3 is 1. The van der Waals surface area contributed by atoms with E-state index in [0.717, 1.165) is 16.8 Å². The van der Waals surface area contributed by atoms with Crippen LogP contribution in [0.1, 0.15) is 51.2 Å². The molecule has 1 atom stereocenters. The second-order valence-electron chi connectivity index (χ2n) is 9.64. The summed E-state index contributed by atoms with van der Waals surface area (Å²) in [5.74, 6) is 0.966. The van der Waals surface area contributed by atoms with Gasteiger partial charge in [0, 0.05) is 40.4 Å². The number of aromatic nitrogens is 3. The van der Waals surface area contributed by atoms with E-state index in [9.17, 15) is 19.8 Å². The molecule has 0 fully saturated rings. The first kappa shape index (κ1) is 28.8. The van der Waals surface area contributed by atoms with Crippen LogP contribution in [-0.2, 0) is 11.4 Å². The lowest BCUT2D eigenvalue weighted by atomic mass is 10.00. The number of aliphatic hydroxyl groups is 1. The normalized spacial score (nSPS) is 13.8. The average molecular weight is 589 g/mol. The van der Waals surface area contributed by atoms with Crippen molar-refractivity contribution in [1.82, 2.24) is 25.4 Å². The number of aryl methyl sites for hydroxylation is 1. The number of fused-ring (bicyclic) bond motifs is 3. The Morgan fingerprint density at radius 1 is 1.02 bits per heavy atom. The minimum Gasteiger partial charge on any atom is -0.508 e. The van der Waals surface area contributed by atoms with Gasteiger partial charge in [0.2, 0.25) is 5.91 Å². The molecule has 4 aromatic rings. The zero-order chi connectivity index (χ0) is 29.8. The van der Waals surface area contributed by atoms with Gasteiger partial charge in [-0.05, 0) is 49.4 Å². The number of amides is 2. The molecule has 12 heteroatoms. The van der Waals surface area contributed by atoms with E-state index in [-0.39, 0.29) is 43.3 Å². The van der Waals surface area contributed by atoms with E-state index >= 15 is 0 Å². The second kappa shape index (κ2) is 12.4. The van der Waals surface area contributed by atoms with Crippen LogP contribution in [-0.4, -0.2) is 62.7 Å².